The number of thioether (sulfide) groups is 1. The summed E-state index contributed by atoms with van der Waals surface area (Å²) in [6, 6.07) is 7.49. The lowest BCUT2D eigenvalue weighted by molar-refractivity contribution is -0.679. The molecule has 0 aromatic heterocycles. The summed E-state index contributed by atoms with van der Waals surface area (Å²) in [7, 11) is 0. The van der Waals surface area contributed by atoms with Crippen molar-refractivity contribution in [3.05, 3.63) is 34.9 Å². The average Bonchev–Trinajstić information content (AvgIpc) is 2.66. The maximum atomic E-state index is 3.51. The fourth-order valence-electron chi connectivity index (χ4n) is 1.93. The normalized spacial score (nSPS) is 23.5. The lowest BCUT2D eigenvalue weighted by Crippen LogP contribution is -3.00. The van der Waals surface area contributed by atoms with Gasteiger partial charge in [0.2, 0.25) is 0 Å². The number of halogens is 1. The molecule has 3 N–H and O–H groups in total. The van der Waals surface area contributed by atoms with Gasteiger partial charge >= 0.3 is 0 Å². The molecule has 1 heterocycles. The molecule has 0 spiro atoms. The van der Waals surface area contributed by atoms with Crippen LogP contribution >= 0.6 is 11.8 Å². The topological polar surface area (TPSA) is 28.6 Å². The largest absolute Gasteiger partial charge is 1.00 e. The Kier molecular flexibility index (Phi) is 5.80. The summed E-state index contributed by atoms with van der Waals surface area (Å²) >= 11 is 1.99. The summed E-state index contributed by atoms with van der Waals surface area (Å²) in [6.07, 6.45) is 0. The number of benzene rings is 1. The van der Waals surface area contributed by atoms with Crippen LogP contribution in [0.4, 0.5) is 0 Å². The molecule has 2 atom stereocenters. The van der Waals surface area contributed by atoms with E-state index in [2.05, 4.69) is 49.6 Å². The van der Waals surface area contributed by atoms with Gasteiger partial charge in [0.1, 0.15) is 0 Å². The van der Waals surface area contributed by atoms with E-state index in [1.807, 2.05) is 11.8 Å². The molecule has 1 aromatic carbocycles. The van der Waals surface area contributed by atoms with Crippen LogP contribution in [0.15, 0.2) is 18.2 Å². The molecule has 2 rings (SSSR count). The zero-order valence-electron chi connectivity index (χ0n) is 10.7. The van der Waals surface area contributed by atoms with Gasteiger partial charge in [-0.3, -0.25) is 5.32 Å². The number of hydrogen-bond acceptors (Lipinski definition) is 2. The Bertz CT molecular complexity index is 370. The Morgan fingerprint density at radius 2 is 2.12 bits per heavy atom. The molecule has 0 saturated carbocycles. The molecular weight excluding hydrogens is 252 g/mol. The first-order valence-electron chi connectivity index (χ1n) is 5.91. The lowest BCUT2D eigenvalue weighted by Gasteiger charge is -2.09. The molecule has 0 amide bonds. The highest BCUT2D eigenvalue weighted by Crippen LogP contribution is 2.17. The van der Waals surface area contributed by atoms with Gasteiger partial charge in [-0.25, -0.2) is 0 Å². The number of aryl methyl sites for hydroxylation is 2. The second-order valence-corrected chi connectivity index (χ2v) is 5.86. The van der Waals surface area contributed by atoms with Gasteiger partial charge in [0, 0.05) is 5.75 Å². The van der Waals surface area contributed by atoms with Crippen molar-refractivity contribution in [2.45, 2.75) is 38.1 Å². The fraction of sp³-hybridized carbons (Fsp3) is 0.538. The molecule has 0 aliphatic carbocycles. The van der Waals surface area contributed by atoms with Gasteiger partial charge in [0.05, 0.1) is 12.6 Å². The highest BCUT2D eigenvalue weighted by atomic mass is 35.5. The van der Waals surface area contributed by atoms with Gasteiger partial charge in [0.15, 0.2) is 5.50 Å². The van der Waals surface area contributed by atoms with Crippen LogP contribution in [-0.2, 0) is 5.75 Å². The number of quaternary nitrogens is 1. The summed E-state index contributed by atoms with van der Waals surface area (Å²) in [6.45, 7) is 7.75. The third-order valence-corrected chi connectivity index (χ3v) is 4.33. The molecule has 96 valence electrons. The van der Waals surface area contributed by atoms with Crippen LogP contribution in [0, 0.1) is 13.8 Å². The van der Waals surface area contributed by atoms with Gasteiger partial charge in [-0.15, -0.1) is 0 Å². The van der Waals surface area contributed by atoms with E-state index in [4.69, 9.17) is 0 Å². The first-order valence-corrected chi connectivity index (χ1v) is 6.96. The van der Waals surface area contributed by atoms with E-state index in [1.54, 1.807) is 0 Å². The van der Waals surface area contributed by atoms with E-state index in [1.165, 1.54) is 16.7 Å². The smallest absolute Gasteiger partial charge is 0.188 e. The minimum absolute atomic E-state index is 0. The number of nitrogens with two attached hydrogens (primary N) is 1. The molecule has 1 aromatic rings. The van der Waals surface area contributed by atoms with Crippen LogP contribution < -0.4 is 23.0 Å². The number of nitrogens with one attached hydrogen (secondary N) is 1. The fourth-order valence-corrected chi connectivity index (χ4v) is 3.08. The second kappa shape index (κ2) is 6.64. The summed E-state index contributed by atoms with van der Waals surface area (Å²) in [5.41, 5.74) is 4.75. The van der Waals surface area contributed by atoms with Crippen molar-refractivity contribution >= 4 is 11.8 Å². The van der Waals surface area contributed by atoms with Gasteiger partial charge in [0.25, 0.3) is 0 Å². The maximum Gasteiger partial charge on any atom is 0.188 e. The van der Waals surface area contributed by atoms with Crippen LogP contribution in [-0.4, -0.2) is 18.1 Å². The zero-order chi connectivity index (χ0) is 11.5. The molecule has 1 aliphatic rings. The highest BCUT2D eigenvalue weighted by Gasteiger charge is 2.23. The molecule has 4 heteroatoms. The number of rotatable bonds is 3. The van der Waals surface area contributed by atoms with E-state index < -0.39 is 0 Å². The van der Waals surface area contributed by atoms with Crippen molar-refractivity contribution < 1.29 is 17.7 Å². The molecule has 0 radical (unpaired) electrons. The third kappa shape index (κ3) is 4.18. The first kappa shape index (κ1) is 14.8. The third-order valence-electron chi connectivity index (χ3n) is 3.15. The predicted molar refractivity (Wildman–Crippen MR) is 70.4 cm³/mol. The van der Waals surface area contributed by atoms with Crippen molar-refractivity contribution in [1.29, 1.82) is 0 Å². The number of hydrogen-bond donors (Lipinski definition) is 2. The van der Waals surface area contributed by atoms with Crippen LogP contribution in [0.2, 0.25) is 0 Å². The monoisotopic (exact) mass is 272 g/mol. The molecule has 2 unspecified atom stereocenters. The summed E-state index contributed by atoms with van der Waals surface area (Å²) in [5.74, 6) is 1.10. The Labute approximate surface area is 114 Å². The summed E-state index contributed by atoms with van der Waals surface area (Å²) in [5, 5.41) is 5.92. The molecule has 0 bridgehead atoms. The van der Waals surface area contributed by atoms with E-state index in [9.17, 15) is 0 Å². The summed E-state index contributed by atoms with van der Waals surface area (Å²) in [4.78, 5) is 0. The molecule has 1 saturated heterocycles. The quantitative estimate of drug-likeness (QED) is 0.693. The lowest BCUT2D eigenvalue weighted by atomic mass is 10.1. The van der Waals surface area contributed by atoms with E-state index in [0.29, 0.717) is 5.50 Å². The Balaban J connectivity index is 0.00000144. The van der Waals surface area contributed by atoms with Crippen LogP contribution in [0.3, 0.4) is 0 Å². The van der Waals surface area contributed by atoms with Crippen molar-refractivity contribution in [3.8, 4) is 0 Å². The van der Waals surface area contributed by atoms with E-state index >= 15 is 0 Å². The van der Waals surface area contributed by atoms with Crippen LogP contribution in [0.1, 0.15) is 23.6 Å². The Morgan fingerprint density at radius 3 is 2.71 bits per heavy atom. The van der Waals surface area contributed by atoms with Gasteiger partial charge in [-0.05, 0) is 37.5 Å². The van der Waals surface area contributed by atoms with Gasteiger partial charge < -0.3 is 17.7 Å². The standard InChI is InChI=1S/C13H20N2S.ClH/c1-9-4-5-12(6-10(9)2)8-16-13-14-7-11(3)15-13;/h4-6,11,13-15H,7-8H2,1-3H3;1H. The SMILES string of the molecule is Cc1ccc(CSC2NCC(C)[NH2+]2)cc1C.[Cl-]. The maximum absolute atomic E-state index is 3.51. The van der Waals surface area contributed by atoms with Crippen molar-refractivity contribution in [3.63, 3.8) is 0 Å². The highest BCUT2D eigenvalue weighted by molar-refractivity contribution is 7.98. The second-order valence-electron chi connectivity index (χ2n) is 4.73. The minimum Gasteiger partial charge on any atom is -1.00 e. The predicted octanol–water partition coefficient (Wildman–Crippen LogP) is -1.62. The minimum atomic E-state index is 0. The molecular formula is C13H21ClN2S. The first-order chi connectivity index (χ1) is 7.65. The zero-order valence-corrected chi connectivity index (χ0v) is 12.2. The van der Waals surface area contributed by atoms with Crippen molar-refractivity contribution in [2.75, 3.05) is 6.54 Å². The van der Waals surface area contributed by atoms with Crippen molar-refractivity contribution in [1.82, 2.24) is 5.32 Å². The molecule has 2 nitrogen and oxygen atoms in total. The van der Waals surface area contributed by atoms with Gasteiger partial charge in [-0.1, -0.05) is 30.0 Å². The Hall–Kier alpha value is -0.220. The Morgan fingerprint density at radius 1 is 1.35 bits per heavy atom. The average molecular weight is 273 g/mol. The van der Waals surface area contributed by atoms with Crippen LogP contribution in [0.25, 0.3) is 0 Å². The van der Waals surface area contributed by atoms with Gasteiger partial charge in [-0.2, -0.15) is 0 Å². The molecule has 1 fully saturated rings. The summed E-state index contributed by atoms with van der Waals surface area (Å²) < 4.78 is 0. The van der Waals surface area contributed by atoms with Crippen molar-refractivity contribution in [2.24, 2.45) is 0 Å². The molecule has 1 aliphatic heterocycles. The van der Waals surface area contributed by atoms with Crippen LogP contribution in [0.5, 0.6) is 0 Å². The van der Waals surface area contributed by atoms with E-state index in [-0.39, 0.29) is 12.4 Å². The van der Waals surface area contributed by atoms with E-state index in [0.717, 1.165) is 18.3 Å². The molecule has 17 heavy (non-hydrogen) atoms.